The van der Waals surface area contributed by atoms with Crippen LogP contribution in [0.3, 0.4) is 0 Å². The Morgan fingerprint density at radius 1 is 1.26 bits per heavy atom. The smallest absolute Gasteiger partial charge is 0.285 e. The third kappa shape index (κ3) is 2.99. The summed E-state index contributed by atoms with van der Waals surface area (Å²) in [4.78, 5) is 0.169. The molecule has 0 unspecified atom stereocenters. The highest BCUT2D eigenvalue weighted by atomic mass is 79.9. The van der Waals surface area contributed by atoms with Gasteiger partial charge in [-0.2, -0.15) is 13.5 Å². The molecule has 0 saturated carbocycles. The largest absolute Gasteiger partial charge is 0.507 e. The van der Waals surface area contributed by atoms with Gasteiger partial charge in [0.25, 0.3) is 10.0 Å². The van der Waals surface area contributed by atoms with Gasteiger partial charge in [-0.15, -0.1) is 4.40 Å². The van der Waals surface area contributed by atoms with Crippen LogP contribution in [0.5, 0.6) is 5.75 Å². The van der Waals surface area contributed by atoms with Gasteiger partial charge in [0.1, 0.15) is 10.6 Å². The van der Waals surface area contributed by atoms with E-state index in [0.717, 1.165) is 4.47 Å². The second-order valence-corrected chi connectivity index (χ2v) is 7.35. The maximum Gasteiger partial charge on any atom is 0.285 e. The lowest BCUT2D eigenvalue weighted by molar-refractivity contribution is 0.474. The summed E-state index contributed by atoms with van der Waals surface area (Å²) in [6.07, 6.45) is 1.44. The minimum Gasteiger partial charge on any atom is -0.507 e. The van der Waals surface area contributed by atoms with Crippen LogP contribution in [-0.2, 0) is 10.0 Å². The minimum atomic E-state index is -3.68. The number of fused-ring (bicyclic) bond motifs is 1. The van der Waals surface area contributed by atoms with Crippen LogP contribution in [0.1, 0.15) is 11.1 Å². The van der Waals surface area contributed by atoms with E-state index < -0.39 is 10.0 Å². The van der Waals surface area contributed by atoms with E-state index in [1.54, 1.807) is 37.4 Å². The highest BCUT2D eigenvalue weighted by molar-refractivity contribution is 9.10. The van der Waals surface area contributed by atoms with Gasteiger partial charge in [0, 0.05) is 22.6 Å². The number of phenolic OH excluding ortho intramolecular Hbond substituents is 1. The van der Waals surface area contributed by atoms with E-state index >= 15 is 0 Å². The predicted molar refractivity (Wildman–Crippen MR) is 91.3 cm³/mol. The molecule has 0 aliphatic carbocycles. The first-order valence-electron chi connectivity index (χ1n) is 6.59. The van der Waals surface area contributed by atoms with E-state index in [-0.39, 0.29) is 16.5 Å². The normalized spacial score (nSPS) is 15.5. The Morgan fingerprint density at radius 3 is 2.78 bits per heavy atom. The molecule has 3 rings (SSSR count). The number of hydrogen-bond acceptors (Lipinski definition) is 5. The van der Waals surface area contributed by atoms with E-state index in [0.29, 0.717) is 11.1 Å². The van der Waals surface area contributed by atoms with Crippen LogP contribution < -0.4 is 0 Å². The highest BCUT2D eigenvalue weighted by Crippen LogP contribution is 2.27. The molecule has 1 aliphatic heterocycles. The number of halogens is 1. The maximum absolute atomic E-state index is 12.0. The van der Waals surface area contributed by atoms with E-state index in [2.05, 4.69) is 25.4 Å². The molecule has 0 saturated heterocycles. The number of sulfonamides is 1. The van der Waals surface area contributed by atoms with Crippen molar-refractivity contribution in [3.8, 4) is 5.75 Å². The van der Waals surface area contributed by atoms with E-state index in [4.69, 9.17) is 0 Å². The molecule has 2 aromatic rings. The van der Waals surface area contributed by atoms with Crippen molar-refractivity contribution >= 4 is 38.0 Å². The summed E-state index contributed by atoms with van der Waals surface area (Å²) in [7, 11) is -2.08. The molecule has 0 atom stereocenters. The molecule has 0 aromatic heterocycles. The SMILES string of the molecule is CN(N=Cc1cc(Br)ccc1O)C1=NS(=O)(=O)c2ccccc21. The summed E-state index contributed by atoms with van der Waals surface area (Å²) in [5.74, 6) is 0.318. The first-order valence-corrected chi connectivity index (χ1v) is 8.82. The quantitative estimate of drug-likeness (QED) is 0.627. The van der Waals surface area contributed by atoms with Crippen molar-refractivity contribution in [2.45, 2.75) is 4.90 Å². The van der Waals surface area contributed by atoms with Gasteiger partial charge in [-0.3, -0.25) is 0 Å². The van der Waals surface area contributed by atoms with Gasteiger partial charge in [0.05, 0.1) is 6.21 Å². The minimum absolute atomic E-state index is 0.0757. The third-order valence-corrected chi connectivity index (χ3v) is 5.10. The molecule has 0 amide bonds. The number of hydrogen-bond donors (Lipinski definition) is 1. The molecular weight excluding hydrogens is 382 g/mol. The Kier molecular flexibility index (Phi) is 3.95. The zero-order chi connectivity index (χ0) is 16.6. The Bertz CT molecular complexity index is 939. The van der Waals surface area contributed by atoms with Crippen molar-refractivity contribution in [1.82, 2.24) is 5.01 Å². The van der Waals surface area contributed by atoms with Gasteiger partial charge in [0.2, 0.25) is 0 Å². The maximum atomic E-state index is 12.0. The molecule has 1 N–H and O–H groups in total. The number of rotatable bonds is 2. The summed E-state index contributed by atoms with van der Waals surface area (Å²) in [6.45, 7) is 0. The van der Waals surface area contributed by atoms with E-state index in [1.807, 2.05) is 0 Å². The van der Waals surface area contributed by atoms with Crippen LogP contribution >= 0.6 is 15.9 Å². The fraction of sp³-hybridized carbons (Fsp3) is 0.0667. The van der Waals surface area contributed by atoms with Crippen LogP contribution in [0.15, 0.2) is 61.3 Å². The van der Waals surface area contributed by atoms with Crippen molar-refractivity contribution < 1.29 is 13.5 Å². The Balaban J connectivity index is 1.94. The number of hydrazone groups is 1. The number of nitrogens with zero attached hydrogens (tertiary/aromatic N) is 3. The number of benzene rings is 2. The zero-order valence-electron chi connectivity index (χ0n) is 12.0. The fourth-order valence-corrected chi connectivity index (χ4v) is 3.76. The summed E-state index contributed by atoms with van der Waals surface area (Å²) in [5, 5.41) is 15.3. The summed E-state index contributed by atoms with van der Waals surface area (Å²) in [5.41, 5.74) is 1.01. The average Bonchev–Trinajstić information content (AvgIpc) is 2.80. The summed E-state index contributed by atoms with van der Waals surface area (Å²) in [6, 6.07) is 11.5. The first-order chi connectivity index (χ1) is 10.9. The molecule has 6 nitrogen and oxygen atoms in total. The van der Waals surface area contributed by atoms with Crippen molar-refractivity contribution in [1.29, 1.82) is 0 Å². The van der Waals surface area contributed by atoms with Crippen molar-refractivity contribution in [3.05, 3.63) is 58.1 Å². The predicted octanol–water partition coefficient (Wildman–Crippen LogP) is 2.57. The second kappa shape index (κ2) is 5.78. The fourth-order valence-electron chi connectivity index (χ4n) is 2.15. The topological polar surface area (TPSA) is 82.3 Å². The third-order valence-electron chi connectivity index (χ3n) is 3.28. The Labute approximate surface area is 142 Å². The monoisotopic (exact) mass is 393 g/mol. The Morgan fingerprint density at radius 2 is 2.00 bits per heavy atom. The first kappa shape index (κ1) is 15.7. The van der Waals surface area contributed by atoms with Crippen molar-refractivity contribution in [3.63, 3.8) is 0 Å². The Hall–Kier alpha value is -2.19. The van der Waals surface area contributed by atoms with Crippen LogP contribution in [0.2, 0.25) is 0 Å². The van der Waals surface area contributed by atoms with E-state index in [1.165, 1.54) is 23.4 Å². The van der Waals surface area contributed by atoms with E-state index in [9.17, 15) is 13.5 Å². The van der Waals surface area contributed by atoms with Gasteiger partial charge >= 0.3 is 0 Å². The molecule has 2 aromatic carbocycles. The summed E-state index contributed by atoms with van der Waals surface area (Å²) < 4.78 is 28.6. The standard InChI is InChI=1S/C15H12BrN3O3S/c1-19(17-9-10-8-11(16)6-7-13(10)20)15-12-4-2-3-5-14(12)23(21,22)18-15/h2-9,20H,1H3. The zero-order valence-corrected chi connectivity index (χ0v) is 14.4. The molecule has 1 aliphatic rings. The molecule has 0 radical (unpaired) electrons. The van der Waals surface area contributed by atoms with Crippen LogP contribution in [0, 0.1) is 0 Å². The van der Waals surface area contributed by atoms with Gasteiger partial charge in [0.15, 0.2) is 5.84 Å². The lowest BCUT2D eigenvalue weighted by atomic mass is 10.2. The average molecular weight is 394 g/mol. The van der Waals surface area contributed by atoms with Crippen molar-refractivity contribution in [2.24, 2.45) is 9.50 Å². The number of amidine groups is 1. The summed E-state index contributed by atoms with van der Waals surface area (Å²) >= 11 is 3.32. The molecule has 118 valence electrons. The molecule has 0 fully saturated rings. The molecule has 0 bridgehead atoms. The molecular formula is C15H12BrN3O3S. The van der Waals surface area contributed by atoms with Gasteiger partial charge in [-0.05, 0) is 30.3 Å². The van der Waals surface area contributed by atoms with Gasteiger partial charge in [-0.1, -0.05) is 28.1 Å². The van der Waals surface area contributed by atoms with Crippen LogP contribution in [0.25, 0.3) is 0 Å². The highest BCUT2D eigenvalue weighted by Gasteiger charge is 2.30. The molecule has 1 heterocycles. The number of aromatic hydroxyl groups is 1. The number of phenols is 1. The van der Waals surface area contributed by atoms with Crippen molar-refractivity contribution in [2.75, 3.05) is 7.05 Å². The molecule has 8 heteroatoms. The lowest BCUT2D eigenvalue weighted by Crippen LogP contribution is -2.21. The van der Waals surface area contributed by atoms with Gasteiger partial charge < -0.3 is 5.11 Å². The molecule has 23 heavy (non-hydrogen) atoms. The molecule has 0 spiro atoms. The second-order valence-electron chi connectivity index (χ2n) is 4.86. The van der Waals surface area contributed by atoms with Crippen LogP contribution in [0.4, 0.5) is 0 Å². The van der Waals surface area contributed by atoms with Gasteiger partial charge in [-0.25, -0.2) is 5.01 Å². The lowest BCUT2D eigenvalue weighted by Gasteiger charge is -2.12. The van der Waals surface area contributed by atoms with Crippen LogP contribution in [-0.4, -0.2) is 37.6 Å².